The van der Waals surface area contributed by atoms with Crippen LogP contribution in [0.4, 0.5) is 0 Å². The summed E-state index contributed by atoms with van der Waals surface area (Å²) in [4.78, 5) is 14.4. The molecule has 0 heterocycles. The van der Waals surface area contributed by atoms with Crippen molar-refractivity contribution in [1.29, 1.82) is 0 Å². The second-order valence-corrected chi connectivity index (χ2v) is 5.84. The lowest BCUT2D eigenvalue weighted by molar-refractivity contribution is -0.108. The van der Waals surface area contributed by atoms with E-state index < -0.39 is 6.29 Å². The van der Waals surface area contributed by atoms with Gasteiger partial charge in [-0.25, -0.2) is 0 Å². The number of halogens is 1. The standard InChI is InChI=1S/C20H22ClNO4/c1-24-17-11-9-16(10-12-17)20(23)22(14-19(25-2)26-3)13-18(21)15-7-5-4-6-8-15/h4-13,19H,14H2,1-3H3/b18-13-. The second-order valence-electron chi connectivity index (χ2n) is 5.43. The molecule has 0 atom stereocenters. The molecule has 0 bridgehead atoms. The van der Waals surface area contributed by atoms with E-state index in [0.717, 1.165) is 5.56 Å². The zero-order valence-corrected chi connectivity index (χ0v) is 15.8. The maximum atomic E-state index is 12.9. The van der Waals surface area contributed by atoms with Crippen LogP contribution in [0.2, 0.25) is 0 Å². The number of methoxy groups -OCH3 is 3. The highest BCUT2D eigenvalue weighted by atomic mass is 35.5. The quantitative estimate of drug-likeness (QED) is 0.654. The number of amides is 1. The van der Waals surface area contributed by atoms with Crippen molar-refractivity contribution < 1.29 is 19.0 Å². The average molecular weight is 376 g/mol. The first-order valence-corrected chi connectivity index (χ1v) is 8.40. The Kier molecular flexibility index (Phi) is 7.66. The van der Waals surface area contributed by atoms with Gasteiger partial charge in [0.15, 0.2) is 6.29 Å². The van der Waals surface area contributed by atoms with Gasteiger partial charge in [-0.2, -0.15) is 0 Å². The minimum atomic E-state index is -0.575. The number of hydrogen-bond acceptors (Lipinski definition) is 4. The summed E-state index contributed by atoms with van der Waals surface area (Å²) in [5.41, 5.74) is 1.32. The molecular formula is C20H22ClNO4. The van der Waals surface area contributed by atoms with Gasteiger partial charge in [-0.1, -0.05) is 41.9 Å². The monoisotopic (exact) mass is 375 g/mol. The van der Waals surface area contributed by atoms with Gasteiger partial charge in [-0.3, -0.25) is 4.79 Å². The first-order chi connectivity index (χ1) is 12.6. The Labute approximate surface area is 158 Å². The summed E-state index contributed by atoms with van der Waals surface area (Å²) in [6.07, 6.45) is 1.02. The summed E-state index contributed by atoms with van der Waals surface area (Å²) in [6, 6.07) is 16.3. The van der Waals surface area contributed by atoms with Crippen molar-refractivity contribution >= 4 is 22.5 Å². The van der Waals surface area contributed by atoms with E-state index in [0.29, 0.717) is 16.3 Å². The molecule has 0 spiro atoms. The highest BCUT2D eigenvalue weighted by Crippen LogP contribution is 2.21. The first-order valence-electron chi connectivity index (χ1n) is 8.02. The summed E-state index contributed by atoms with van der Waals surface area (Å²) < 4.78 is 15.6. The number of rotatable bonds is 8. The van der Waals surface area contributed by atoms with E-state index in [2.05, 4.69) is 0 Å². The van der Waals surface area contributed by atoms with Crippen LogP contribution in [0.25, 0.3) is 5.03 Å². The highest BCUT2D eigenvalue weighted by Gasteiger charge is 2.19. The van der Waals surface area contributed by atoms with Gasteiger partial charge in [-0.15, -0.1) is 0 Å². The molecule has 2 aromatic rings. The van der Waals surface area contributed by atoms with E-state index in [1.807, 2.05) is 30.3 Å². The largest absolute Gasteiger partial charge is 0.497 e. The summed E-state index contributed by atoms with van der Waals surface area (Å²) in [7, 11) is 4.62. The summed E-state index contributed by atoms with van der Waals surface area (Å²) in [5, 5.41) is 0.443. The van der Waals surface area contributed by atoms with Crippen LogP contribution in [0.5, 0.6) is 5.75 Å². The molecule has 2 rings (SSSR count). The lowest BCUT2D eigenvalue weighted by atomic mass is 10.2. The molecule has 0 fully saturated rings. The fourth-order valence-electron chi connectivity index (χ4n) is 2.31. The third kappa shape index (κ3) is 5.33. The van der Waals surface area contributed by atoms with Crippen LogP contribution >= 0.6 is 11.6 Å². The molecule has 26 heavy (non-hydrogen) atoms. The SMILES string of the molecule is COc1ccc(C(=O)N(/C=C(\Cl)c2ccccc2)CC(OC)OC)cc1. The molecule has 0 unspecified atom stereocenters. The van der Waals surface area contributed by atoms with Gasteiger partial charge in [0, 0.05) is 26.0 Å². The fraction of sp³-hybridized carbons (Fsp3) is 0.250. The molecule has 0 radical (unpaired) electrons. The number of nitrogens with zero attached hydrogens (tertiary/aromatic N) is 1. The maximum absolute atomic E-state index is 12.9. The molecule has 0 saturated carbocycles. The van der Waals surface area contributed by atoms with Crippen molar-refractivity contribution in [1.82, 2.24) is 4.90 Å². The Morgan fingerprint density at radius 1 is 1.00 bits per heavy atom. The Hall–Kier alpha value is -2.34. The van der Waals surface area contributed by atoms with Crippen LogP contribution in [0.15, 0.2) is 60.8 Å². The molecule has 0 N–H and O–H groups in total. The third-order valence-corrected chi connectivity index (χ3v) is 4.10. The van der Waals surface area contributed by atoms with E-state index >= 15 is 0 Å². The Morgan fingerprint density at radius 3 is 2.15 bits per heavy atom. The van der Waals surface area contributed by atoms with E-state index in [9.17, 15) is 4.79 Å². The minimum absolute atomic E-state index is 0.195. The number of benzene rings is 2. The van der Waals surface area contributed by atoms with Gasteiger partial charge in [0.2, 0.25) is 0 Å². The smallest absolute Gasteiger partial charge is 0.258 e. The molecule has 0 aliphatic rings. The molecule has 5 nitrogen and oxygen atoms in total. The second kappa shape index (κ2) is 9.97. The zero-order valence-electron chi connectivity index (χ0n) is 15.0. The molecule has 0 aromatic heterocycles. The molecule has 0 aliphatic carbocycles. The topological polar surface area (TPSA) is 48.0 Å². The van der Waals surface area contributed by atoms with Crippen molar-refractivity contribution in [3.63, 3.8) is 0 Å². The zero-order chi connectivity index (χ0) is 18.9. The van der Waals surface area contributed by atoms with Gasteiger partial charge in [0.1, 0.15) is 5.75 Å². The summed E-state index contributed by atoms with van der Waals surface area (Å²) in [6.45, 7) is 0.195. The lowest BCUT2D eigenvalue weighted by Gasteiger charge is -2.24. The van der Waals surface area contributed by atoms with Crippen LogP contribution in [-0.4, -0.2) is 45.0 Å². The average Bonchev–Trinajstić information content (AvgIpc) is 2.71. The van der Waals surface area contributed by atoms with Crippen LogP contribution in [0, 0.1) is 0 Å². The predicted molar refractivity (Wildman–Crippen MR) is 102 cm³/mol. The van der Waals surface area contributed by atoms with Crippen LogP contribution in [-0.2, 0) is 9.47 Å². The van der Waals surface area contributed by atoms with Gasteiger partial charge in [0.25, 0.3) is 5.91 Å². The molecule has 138 valence electrons. The number of hydrogen-bond donors (Lipinski definition) is 0. The predicted octanol–water partition coefficient (Wildman–Crippen LogP) is 3.99. The number of carbonyl (C=O) groups is 1. The minimum Gasteiger partial charge on any atom is -0.497 e. The molecule has 2 aromatic carbocycles. The number of carbonyl (C=O) groups excluding carboxylic acids is 1. The molecular weight excluding hydrogens is 354 g/mol. The van der Waals surface area contributed by atoms with Crippen molar-refractivity contribution in [3.8, 4) is 5.75 Å². The Morgan fingerprint density at radius 2 is 1.62 bits per heavy atom. The molecule has 6 heteroatoms. The van der Waals surface area contributed by atoms with Crippen molar-refractivity contribution in [2.75, 3.05) is 27.9 Å². The normalized spacial score (nSPS) is 11.5. The van der Waals surface area contributed by atoms with Crippen molar-refractivity contribution in [2.45, 2.75) is 6.29 Å². The highest BCUT2D eigenvalue weighted by molar-refractivity contribution is 6.48. The van der Waals surface area contributed by atoms with Gasteiger partial charge in [0.05, 0.1) is 18.7 Å². The van der Waals surface area contributed by atoms with Crippen LogP contribution in [0.1, 0.15) is 15.9 Å². The third-order valence-electron chi connectivity index (χ3n) is 3.79. The number of ether oxygens (including phenoxy) is 3. The van der Waals surface area contributed by atoms with E-state index in [1.54, 1.807) is 37.6 Å². The summed E-state index contributed by atoms with van der Waals surface area (Å²) >= 11 is 6.42. The van der Waals surface area contributed by atoms with E-state index in [-0.39, 0.29) is 12.5 Å². The molecule has 0 saturated heterocycles. The van der Waals surface area contributed by atoms with Gasteiger partial charge in [-0.05, 0) is 29.8 Å². The van der Waals surface area contributed by atoms with E-state index in [4.69, 9.17) is 25.8 Å². The van der Waals surface area contributed by atoms with Crippen LogP contribution in [0.3, 0.4) is 0 Å². The van der Waals surface area contributed by atoms with Crippen molar-refractivity contribution in [2.24, 2.45) is 0 Å². The van der Waals surface area contributed by atoms with Gasteiger partial charge < -0.3 is 19.1 Å². The van der Waals surface area contributed by atoms with Crippen molar-refractivity contribution in [3.05, 3.63) is 71.9 Å². The lowest BCUT2D eigenvalue weighted by Crippen LogP contribution is -2.35. The summed E-state index contributed by atoms with van der Waals surface area (Å²) in [5.74, 6) is 0.457. The Bertz CT molecular complexity index is 727. The first kappa shape index (κ1) is 20.0. The molecule has 0 aliphatic heterocycles. The van der Waals surface area contributed by atoms with Gasteiger partial charge >= 0.3 is 0 Å². The van der Waals surface area contributed by atoms with Crippen LogP contribution < -0.4 is 4.74 Å². The Balaban J connectivity index is 2.31. The fourth-order valence-corrected chi connectivity index (χ4v) is 2.55. The molecule has 1 amide bonds. The van der Waals surface area contributed by atoms with E-state index in [1.165, 1.54) is 19.1 Å². The maximum Gasteiger partial charge on any atom is 0.258 e.